The molecule has 0 spiro atoms. The zero-order chi connectivity index (χ0) is 18.4. The molecule has 0 bridgehead atoms. The number of likely N-dealkylation sites (tertiary alicyclic amines) is 1. The molecule has 1 aliphatic carbocycles. The second-order valence-corrected chi connectivity index (χ2v) is 7.70. The molecule has 2 N–H and O–H groups in total. The molecule has 138 valence electrons. The van der Waals surface area contributed by atoms with Gasteiger partial charge in [-0.25, -0.2) is 0 Å². The van der Waals surface area contributed by atoms with Crippen molar-refractivity contribution in [2.75, 3.05) is 13.1 Å². The topological polar surface area (TPSA) is 69.2 Å². The van der Waals surface area contributed by atoms with Gasteiger partial charge in [0.15, 0.2) is 5.69 Å². The van der Waals surface area contributed by atoms with Gasteiger partial charge in [0.25, 0.3) is 5.91 Å². The summed E-state index contributed by atoms with van der Waals surface area (Å²) in [5.74, 6) is 0.00830. The summed E-state index contributed by atoms with van der Waals surface area (Å²) in [6, 6.07) is 14.7. The number of nitrogens with zero attached hydrogens (tertiary/aromatic N) is 2. The number of hydrogen-bond acceptors (Lipinski definition) is 3. The standard InChI is InChI=1S/C22H23N3O2/c26-20-13-25(22(27)21-18-6-3-7-19(18)23-24-21)11-10-17(20)16-9-8-14-4-1-2-5-15(14)12-16/h1-2,4-5,8-9,12,17,20,26H,3,6-7,10-11,13H2,(H,23,24)/t17-,20+/m0/s1. The predicted molar refractivity (Wildman–Crippen MR) is 104 cm³/mol. The lowest BCUT2D eigenvalue weighted by Gasteiger charge is -2.36. The van der Waals surface area contributed by atoms with E-state index in [0.29, 0.717) is 18.8 Å². The van der Waals surface area contributed by atoms with Crippen molar-refractivity contribution in [3.8, 4) is 0 Å². The van der Waals surface area contributed by atoms with Crippen LogP contribution in [0.4, 0.5) is 0 Å². The number of piperidine rings is 1. The normalized spacial score (nSPS) is 22.2. The number of rotatable bonds is 2. The molecule has 2 aliphatic rings. The molecule has 1 saturated heterocycles. The molecule has 1 amide bonds. The average Bonchev–Trinajstić information content (AvgIpc) is 3.31. The van der Waals surface area contributed by atoms with Crippen LogP contribution in [0.2, 0.25) is 0 Å². The summed E-state index contributed by atoms with van der Waals surface area (Å²) in [4.78, 5) is 14.7. The Morgan fingerprint density at radius 3 is 2.85 bits per heavy atom. The van der Waals surface area contributed by atoms with Crippen LogP contribution >= 0.6 is 0 Å². The van der Waals surface area contributed by atoms with Crippen LogP contribution in [0.25, 0.3) is 10.8 Å². The highest BCUT2D eigenvalue weighted by Crippen LogP contribution is 2.32. The van der Waals surface area contributed by atoms with Crippen molar-refractivity contribution in [2.24, 2.45) is 0 Å². The molecular formula is C22H23N3O2. The molecule has 1 aromatic heterocycles. The van der Waals surface area contributed by atoms with Gasteiger partial charge in [-0.1, -0.05) is 42.5 Å². The Morgan fingerprint density at radius 1 is 1.15 bits per heavy atom. The van der Waals surface area contributed by atoms with Crippen molar-refractivity contribution in [3.05, 3.63) is 65.0 Å². The van der Waals surface area contributed by atoms with Crippen LogP contribution in [0.3, 0.4) is 0 Å². The monoisotopic (exact) mass is 361 g/mol. The minimum absolute atomic E-state index is 0.0505. The number of carbonyl (C=O) groups excluding carboxylic acids is 1. The van der Waals surface area contributed by atoms with Gasteiger partial charge in [-0.2, -0.15) is 5.10 Å². The van der Waals surface area contributed by atoms with Gasteiger partial charge in [-0.05, 0) is 42.0 Å². The summed E-state index contributed by atoms with van der Waals surface area (Å²) in [6.07, 6.45) is 3.18. The van der Waals surface area contributed by atoms with Crippen molar-refractivity contribution >= 4 is 16.7 Å². The van der Waals surface area contributed by atoms with Crippen LogP contribution in [0.15, 0.2) is 42.5 Å². The van der Waals surface area contributed by atoms with Crippen LogP contribution in [0, 0.1) is 0 Å². The Balaban J connectivity index is 1.34. The number of β-amino-alcohol motifs (C(OH)–C–C–N with tert-alkyl or cyclic N) is 1. The van der Waals surface area contributed by atoms with Crippen molar-refractivity contribution in [1.29, 1.82) is 0 Å². The van der Waals surface area contributed by atoms with Crippen molar-refractivity contribution in [3.63, 3.8) is 0 Å². The maximum Gasteiger partial charge on any atom is 0.274 e. The molecule has 2 heterocycles. The number of aliphatic hydroxyl groups excluding tert-OH is 1. The molecule has 0 unspecified atom stereocenters. The minimum Gasteiger partial charge on any atom is -0.391 e. The van der Waals surface area contributed by atoms with E-state index in [1.807, 2.05) is 12.1 Å². The zero-order valence-electron chi connectivity index (χ0n) is 15.2. The summed E-state index contributed by atoms with van der Waals surface area (Å²) in [5.41, 5.74) is 3.88. The van der Waals surface area contributed by atoms with E-state index in [9.17, 15) is 9.90 Å². The fraction of sp³-hybridized carbons (Fsp3) is 0.364. The Morgan fingerprint density at radius 2 is 2.00 bits per heavy atom. The summed E-state index contributed by atoms with van der Waals surface area (Å²) >= 11 is 0. The lowest BCUT2D eigenvalue weighted by atomic mass is 9.86. The molecule has 2 aromatic carbocycles. The Hall–Kier alpha value is -2.66. The number of amides is 1. The molecule has 5 nitrogen and oxygen atoms in total. The number of hydrogen-bond donors (Lipinski definition) is 2. The summed E-state index contributed by atoms with van der Waals surface area (Å²) in [7, 11) is 0. The van der Waals surface area contributed by atoms with Crippen molar-refractivity contribution in [2.45, 2.75) is 37.7 Å². The summed E-state index contributed by atoms with van der Waals surface area (Å²) in [6.45, 7) is 1.01. The predicted octanol–water partition coefficient (Wildman–Crippen LogP) is 3.04. The molecule has 2 atom stereocenters. The summed E-state index contributed by atoms with van der Waals surface area (Å²) in [5, 5.41) is 20.4. The number of nitrogens with one attached hydrogen (secondary N) is 1. The number of aliphatic hydroxyl groups is 1. The average molecular weight is 361 g/mol. The van der Waals surface area contributed by atoms with E-state index >= 15 is 0 Å². The lowest BCUT2D eigenvalue weighted by Crippen LogP contribution is -2.46. The number of benzene rings is 2. The first-order valence-corrected chi connectivity index (χ1v) is 9.73. The number of aryl methyl sites for hydroxylation is 1. The van der Waals surface area contributed by atoms with E-state index in [1.165, 1.54) is 10.8 Å². The van der Waals surface area contributed by atoms with Crippen LogP contribution in [-0.4, -0.2) is 45.3 Å². The fourth-order valence-corrected chi connectivity index (χ4v) is 4.59. The number of aromatic nitrogens is 2. The van der Waals surface area contributed by atoms with Gasteiger partial charge in [-0.3, -0.25) is 9.89 Å². The quantitative estimate of drug-likeness (QED) is 0.737. The highest BCUT2D eigenvalue weighted by atomic mass is 16.3. The molecular weight excluding hydrogens is 338 g/mol. The molecule has 5 rings (SSSR count). The van der Waals surface area contributed by atoms with Crippen LogP contribution in [0.1, 0.15) is 46.1 Å². The van der Waals surface area contributed by atoms with Crippen molar-refractivity contribution in [1.82, 2.24) is 15.1 Å². The van der Waals surface area contributed by atoms with Crippen LogP contribution in [-0.2, 0) is 12.8 Å². The van der Waals surface area contributed by atoms with E-state index in [1.54, 1.807) is 4.90 Å². The Labute approximate surface area is 158 Å². The highest BCUT2D eigenvalue weighted by molar-refractivity contribution is 5.94. The van der Waals surface area contributed by atoms with E-state index in [4.69, 9.17) is 0 Å². The first-order valence-electron chi connectivity index (χ1n) is 9.73. The minimum atomic E-state index is -0.559. The van der Waals surface area contributed by atoms with E-state index < -0.39 is 6.10 Å². The third kappa shape index (κ3) is 2.82. The zero-order valence-corrected chi connectivity index (χ0v) is 15.2. The first kappa shape index (κ1) is 16.5. The smallest absolute Gasteiger partial charge is 0.274 e. The number of carbonyl (C=O) groups is 1. The number of H-pyrrole nitrogens is 1. The molecule has 27 heavy (non-hydrogen) atoms. The largest absolute Gasteiger partial charge is 0.391 e. The van der Waals surface area contributed by atoms with Gasteiger partial charge in [0.1, 0.15) is 0 Å². The Bertz CT molecular complexity index is 1010. The van der Waals surface area contributed by atoms with Gasteiger partial charge in [0.05, 0.1) is 6.10 Å². The summed E-state index contributed by atoms with van der Waals surface area (Å²) < 4.78 is 0. The third-order valence-corrected chi connectivity index (χ3v) is 6.08. The van der Waals surface area contributed by atoms with E-state index in [0.717, 1.165) is 42.5 Å². The van der Waals surface area contributed by atoms with Crippen molar-refractivity contribution < 1.29 is 9.90 Å². The third-order valence-electron chi connectivity index (χ3n) is 6.08. The number of fused-ring (bicyclic) bond motifs is 2. The first-order chi connectivity index (χ1) is 13.2. The molecule has 1 aliphatic heterocycles. The maximum atomic E-state index is 12.9. The van der Waals surface area contributed by atoms with Gasteiger partial charge in [0.2, 0.25) is 0 Å². The SMILES string of the molecule is O=C(c1n[nH]c2c1CCC2)N1CC[C@@H](c2ccc3ccccc3c2)[C@H](O)C1. The van der Waals surface area contributed by atoms with Gasteiger partial charge in [0, 0.05) is 30.3 Å². The molecule has 0 saturated carbocycles. The van der Waals surface area contributed by atoms with E-state index in [-0.39, 0.29) is 11.8 Å². The molecule has 0 radical (unpaired) electrons. The van der Waals surface area contributed by atoms with Gasteiger partial charge in [-0.15, -0.1) is 0 Å². The second-order valence-electron chi connectivity index (χ2n) is 7.70. The molecule has 5 heteroatoms. The van der Waals surface area contributed by atoms with Gasteiger partial charge < -0.3 is 10.0 Å². The second kappa shape index (κ2) is 6.50. The fourth-order valence-electron chi connectivity index (χ4n) is 4.59. The highest BCUT2D eigenvalue weighted by Gasteiger charge is 2.34. The van der Waals surface area contributed by atoms with Crippen LogP contribution in [0.5, 0.6) is 0 Å². The van der Waals surface area contributed by atoms with Crippen LogP contribution < -0.4 is 0 Å². The van der Waals surface area contributed by atoms with Gasteiger partial charge >= 0.3 is 0 Å². The molecule has 1 fully saturated rings. The molecule has 3 aromatic rings. The van der Waals surface area contributed by atoms with E-state index in [2.05, 4.69) is 40.5 Å². The number of aromatic amines is 1. The lowest BCUT2D eigenvalue weighted by molar-refractivity contribution is 0.0377. The Kier molecular flexibility index (Phi) is 3.97. The maximum absolute atomic E-state index is 12.9.